The van der Waals surface area contributed by atoms with Crippen molar-refractivity contribution in [3.05, 3.63) is 103 Å². The molecule has 4 aromatic rings. The average Bonchev–Trinajstić information content (AvgIpc) is 2.83. The Labute approximate surface area is 181 Å². The van der Waals surface area contributed by atoms with Crippen molar-refractivity contribution in [2.45, 2.75) is 0 Å². The van der Waals surface area contributed by atoms with Gasteiger partial charge < -0.3 is 15.5 Å². The highest BCUT2D eigenvalue weighted by Crippen LogP contribution is 2.23. The Morgan fingerprint density at radius 1 is 0.774 bits per heavy atom. The van der Waals surface area contributed by atoms with Crippen LogP contribution in [-0.2, 0) is 4.79 Å². The second kappa shape index (κ2) is 9.13. The summed E-state index contributed by atoms with van der Waals surface area (Å²) in [6.07, 6.45) is 0. The molecule has 0 bridgehead atoms. The van der Waals surface area contributed by atoms with E-state index in [2.05, 4.69) is 10.6 Å². The van der Waals surface area contributed by atoms with Gasteiger partial charge in [0.25, 0.3) is 5.91 Å². The quantitative estimate of drug-likeness (QED) is 0.462. The number of hydrogen-bond donors (Lipinski definition) is 2. The SMILES string of the molecule is CN(C(=O)c1ccc(NCC(=O)Nc2cccc3ccccc23)cc1)c1ccccc1. The minimum Gasteiger partial charge on any atom is -0.376 e. The van der Waals surface area contributed by atoms with Crippen LogP contribution in [0.25, 0.3) is 10.8 Å². The molecule has 0 radical (unpaired) electrons. The Bertz CT molecular complexity index is 1200. The van der Waals surface area contributed by atoms with Crippen LogP contribution in [0.2, 0.25) is 0 Å². The minimum atomic E-state index is -0.139. The molecule has 154 valence electrons. The summed E-state index contributed by atoms with van der Waals surface area (Å²) in [6.45, 7) is 0.125. The van der Waals surface area contributed by atoms with Crippen LogP contribution in [0.1, 0.15) is 10.4 Å². The van der Waals surface area contributed by atoms with Gasteiger partial charge in [0, 0.05) is 35.1 Å². The number of hydrogen-bond acceptors (Lipinski definition) is 3. The molecule has 4 aromatic carbocycles. The lowest BCUT2D eigenvalue weighted by molar-refractivity contribution is -0.114. The fraction of sp³-hybridized carbons (Fsp3) is 0.0769. The van der Waals surface area contributed by atoms with Crippen molar-refractivity contribution in [3.8, 4) is 0 Å². The molecule has 4 rings (SSSR count). The Kier molecular flexibility index (Phi) is 5.94. The van der Waals surface area contributed by atoms with Crippen molar-refractivity contribution in [3.63, 3.8) is 0 Å². The predicted molar refractivity (Wildman–Crippen MR) is 127 cm³/mol. The number of rotatable bonds is 6. The number of para-hydroxylation sites is 1. The van der Waals surface area contributed by atoms with Crippen LogP contribution in [0.15, 0.2) is 97.1 Å². The molecule has 0 aromatic heterocycles. The number of amides is 2. The molecular formula is C26H23N3O2. The van der Waals surface area contributed by atoms with Gasteiger partial charge in [-0.3, -0.25) is 9.59 Å². The number of anilines is 3. The molecule has 5 heteroatoms. The molecule has 0 aliphatic carbocycles. The second-order valence-corrected chi connectivity index (χ2v) is 7.21. The van der Waals surface area contributed by atoms with Crippen LogP contribution < -0.4 is 15.5 Å². The smallest absolute Gasteiger partial charge is 0.258 e. The monoisotopic (exact) mass is 409 g/mol. The van der Waals surface area contributed by atoms with Crippen LogP contribution >= 0.6 is 0 Å². The summed E-state index contributed by atoms with van der Waals surface area (Å²) >= 11 is 0. The van der Waals surface area contributed by atoms with E-state index in [-0.39, 0.29) is 18.4 Å². The Hall–Kier alpha value is -4.12. The molecule has 0 spiro atoms. The van der Waals surface area contributed by atoms with Gasteiger partial charge in [-0.2, -0.15) is 0 Å². The third kappa shape index (κ3) is 4.73. The van der Waals surface area contributed by atoms with E-state index in [1.54, 1.807) is 36.2 Å². The van der Waals surface area contributed by atoms with Gasteiger partial charge in [-0.1, -0.05) is 54.6 Å². The number of carbonyl (C=O) groups is 2. The van der Waals surface area contributed by atoms with E-state index in [0.29, 0.717) is 5.56 Å². The molecule has 0 heterocycles. The molecule has 0 saturated carbocycles. The Morgan fingerprint density at radius 3 is 2.23 bits per heavy atom. The van der Waals surface area contributed by atoms with Gasteiger partial charge in [-0.25, -0.2) is 0 Å². The highest BCUT2D eigenvalue weighted by Gasteiger charge is 2.13. The van der Waals surface area contributed by atoms with E-state index in [1.165, 1.54) is 0 Å². The summed E-state index contributed by atoms with van der Waals surface area (Å²) in [7, 11) is 1.75. The first-order valence-electron chi connectivity index (χ1n) is 10.1. The fourth-order valence-corrected chi connectivity index (χ4v) is 3.40. The molecule has 2 N–H and O–H groups in total. The van der Waals surface area contributed by atoms with Gasteiger partial charge in [0.2, 0.25) is 5.91 Å². The van der Waals surface area contributed by atoms with Crippen molar-refractivity contribution in [1.82, 2.24) is 0 Å². The number of nitrogens with one attached hydrogen (secondary N) is 2. The molecule has 2 amide bonds. The van der Waals surface area contributed by atoms with Gasteiger partial charge in [0.05, 0.1) is 6.54 Å². The summed E-state index contributed by atoms with van der Waals surface area (Å²) in [5.41, 5.74) is 2.97. The zero-order valence-corrected chi connectivity index (χ0v) is 17.2. The van der Waals surface area contributed by atoms with Crippen LogP contribution in [0.3, 0.4) is 0 Å². The lowest BCUT2D eigenvalue weighted by Gasteiger charge is -2.17. The third-order valence-corrected chi connectivity index (χ3v) is 5.10. The van der Waals surface area contributed by atoms with Gasteiger partial charge >= 0.3 is 0 Å². The summed E-state index contributed by atoms with van der Waals surface area (Å²) in [4.78, 5) is 26.7. The van der Waals surface area contributed by atoms with E-state index >= 15 is 0 Å². The van der Waals surface area contributed by atoms with Crippen molar-refractivity contribution in [2.75, 3.05) is 29.1 Å². The number of benzene rings is 4. The topological polar surface area (TPSA) is 61.4 Å². The van der Waals surface area contributed by atoms with Gasteiger partial charge in [0.1, 0.15) is 0 Å². The first-order chi connectivity index (χ1) is 15.1. The van der Waals surface area contributed by atoms with E-state index in [4.69, 9.17) is 0 Å². The van der Waals surface area contributed by atoms with Crippen LogP contribution in [0, 0.1) is 0 Å². The first-order valence-corrected chi connectivity index (χ1v) is 10.1. The maximum absolute atomic E-state index is 12.7. The third-order valence-electron chi connectivity index (χ3n) is 5.10. The van der Waals surface area contributed by atoms with Gasteiger partial charge in [-0.05, 0) is 47.9 Å². The first kappa shape index (κ1) is 20.2. The molecular weight excluding hydrogens is 386 g/mol. The van der Waals surface area contributed by atoms with E-state index in [9.17, 15) is 9.59 Å². The fourth-order valence-electron chi connectivity index (χ4n) is 3.40. The Morgan fingerprint density at radius 2 is 1.45 bits per heavy atom. The summed E-state index contributed by atoms with van der Waals surface area (Å²) in [6, 6.07) is 30.4. The second-order valence-electron chi connectivity index (χ2n) is 7.21. The summed E-state index contributed by atoms with van der Waals surface area (Å²) in [5.74, 6) is -0.230. The van der Waals surface area contributed by atoms with Crippen molar-refractivity contribution >= 4 is 39.6 Å². The molecule has 0 unspecified atom stereocenters. The molecule has 0 aliphatic rings. The molecule has 5 nitrogen and oxygen atoms in total. The normalized spacial score (nSPS) is 10.5. The lowest BCUT2D eigenvalue weighted by atomic mass is 10.1. The average molecular weight is 409 g/mol. The van der Waals surface area contributed by atoms with E-state index in [0.717, 1.165) is 27.8 Å². The molecule has 31 heavy (non-hydrogen) atoms. The maximum Gasteiger partial charge on any atom is 0.258 e. The van der Waals surface area contributed by atoms with Gasteiger partial charge in [-0.15, -0.1) is 0 Å². The zero-order valence-electron chi connectivity index (χ0n) is 17.2. The van der Waals surface area contributed by atoms with Crippen LogP contribution in [0.5, 0.6) is 0 Å². The largest absolute Gasteiger partial charge is 0.376 e. The van der Waals surface area contributed by atoms with Crippen molar-refractivity contribution in [1.29, 1.82) is 0 Å². The number of fused-ring (bicyclic) bond motifs is 1. The molecule has 0 aliphatic heterocycles. The van der Waals surface area contributed by atoms with Gasteiger partial charge in [0.15, 0.2) is 0 Å². The van der Waals surface area contributed by atoms with E-state index in [1.807, 2.05) is 72.8 Å². The zero-order chi connectivity index (χ0) is 21.6. The van der Waals surface area contributed by atoms with E-state index < -0.39 is 0 Å². The standard InChI is InChI=1S/C26H23N3O2/c1-29(22-10-3-2-4-11-22)26(31)20-14-16-21(17-15-20)27-18-25(30)28-24-13-7-9-19-8-5-6-12-23(19)24/h2-17,27H,18H2,1H3,(H,28,30). The highest BCUT2D eigenvalue weighted by molar-refractivity contribution is 6.06. The highest BCUT2D eigenvalue weighted by atomic mass is 16.2. The number of nitrogens with zero attached hydrogens (tertiary/aromatic N) is 1. The van der Waals surface area contributed by atoms with Crippen LogP contribution in [0.4, 0.5) is 17.1 Å². The van der Waals surface area contributed by atoms with Crippen LogP contribution in [-0.4, -0.2) is 25.4 Å². The summed E-state index contributed by atoms with van der Waals surface area (Å²) < 4.78 is 0. The summed E-state index contributed by atoms with van der Waals surface area (Å²) in [5, 5.41) is 8.14. The molecule has 0 atom stereocenters. The number of carbonyl (C=O) groups excluding carboxylic acids is 2. The predicted octanol–water partition coefficient (Wildman–Crippen LogP) is 5.17. The molecule has 0 saturated heterocycles. The Balaban J connectivity index is 1.36. The van der Waals surface area contributed by atoms with Crippen molar-refractivity contribution < 1.29 is 9.59 Å². The van der Waals surface area contributed by atoms with Crippen molar-refractivity contribution in [2.24, 2.45) is 0 Å². The maximum atomic E-state index is 12.7. The molecule has 0 fully saturated rings. The lowest BCUT2D eigenvalue weighted by Crippen LogP contribution is -2.26. The minimum absolute atomic E-state index is 0.0913.